The molecule has 2 aromatic carbocycles. The minimum absolute atomic E-state index is 0.469. The van der Waals surface area contributed by atoms with E-state index in [2.05, 4.69) is 10.3 Å². The highest BCUT2D eigenvalue weighted by molar-refractivity contribution is 6.02. The van der Waals surface area contributed by atoms with Gasteiger partial charge in [-0.2, -0.15) is 0 Å². The molecule has 3 aromatic rings. The molecular weight excluding hydrogens is 304 g/mol. The van der Waals surface area contributed by atoms with Crippen molar-refractivity contribution in [2.24, 2.45) is 0 Å². The van der Waals surface area contributed by atoms with Crippen LogP contribution in [-0.2, 0) is 4.79 Å². The molecule has 0 saturated heterocycles. The number of aliphatic hydroxyl groups excluding tert-OH is 1. The van der Waals surface area contributed by atoms with Gasteiger partial charge in [-0.1, -0.05) is 30.3 Å². The van der Waals surface area contributed by atoms with Crippen LogP contribution in [0.2, 0.25) is 0 Å². The molecule has 5 heteroatoms. The molecule has 1 aromatic heterocycles. The fourth-order valence-electron chi connectivity index (χ4n) is 2.51. The first-order chi connectivity index (χ1) is 11.6. The molecule has 0 saturated carbocycles. The lowest BCUT2D eigenvalue weighted by atomic mass is 10.1. The maximum absolute atomic E-state index is 12.4. The Balaban J connectivity index is 1.88. The number of ether oxygens (including phenoxy) is 1. The van der Waals surface area contributed by atoms with Crippen LogP contribution >= 0.6 is 0 Å². The number of carbonyl (C=O) groups is 1. The van der Waals surface area contributed by atoms with Crippen molar-refractivity contribution in [3.63, 3.8) is 0 Å². The van der Waals surface area contributed by atoms with E-state index in [1.165, 1.54) is 7.11 Å². The average molecular weight is 322 g/mol. The molecule has 0 spiro atoms. The Bertz CT molecular complexity index is 893. The molecule has 0 aliphatic heterocycles. The van der Waals surface area contributed by atoms with Crippen molar-refractivity contribution in [1.29, 1.82) is 0 Å². The normalized spacial score (nSPS) is 12.0. The standard InChI is InChI=1S/C19H18N2O3/c1-12-9-10-13-5-4-8-16(17(13)20-12)21-19(23)18(22)14-6-3-7-15(11-14)24-2/h3-11,18,22H,1-2H3,(H,21,23). The zero-order valence-corrected chi connectivity index (χ0v) is 13.5. The number of hydrogen-bond acceptors (Lipinski definition) is 4. The highest BCUT2D eigenvalue weighted by Crippen LogP contribution is 2.24. The van der Waals surface area contributed by atoms with E-state index in [4.69, 9.17) is 4.74 Å². The van der Waals surface area contributed by atoms with E-state index in [1.807, 2.05) is 31.2 Å². The van der Waals surface area contributed by atoms with Gasteiger partial charge < -0.3 is 15.2 Å². The summed E-state index contributed by atoms with van der Waals surface area (Å²) in [5, 5.41) is 14.0. The van der Waals surface area contributed by atoms with E-state index < -0.39 is 12.0 Å². The van der Waals surface area contributed by atoms with Crippen LogP contribution < -0.4 is 10.1 Å². The smallest absolute Gasteiger partial charge is 0.257 e. The SMILES string of the molecule is COc1cccc(C(O)C(=O)Nc2cccc3ccc(C)nc23)c1. The molecule has 24 heavy (non-hydrogen) atoms. The molecular formula is C19H18N2O3. The lowest BCUT2D eigenvalue weighted by Crippen LogP contribution is -2.21. The number of pyridine rings is 1. The number of nitrogens with one attached hydrogen (secondary N) is 1. The monoisotopic (exact) mass is 322 g/mol. The number of benzene rings is 2. The van der Waals surface area contributed by atoms with Crippen LogP contribution in [0.15, 0.2) is 54.6 Å². The fraction of sp³-hybridized carbons (Fsp3) is 0.158. The quantitative estimate of drug-likeness (QED) is 0.773. The molecule has 0 radical (unpaired) electrons. The number of aromatic nitrogens is 1. The summed E-state index contributed by atoms with van der Waals surface area (Å²) in [5.41, 5.74) is 2.60. The molecule has 0 aliphatic rings. The van der Waals surface area contributed by atoms with Gasteiger partial charge in [0, 0.05) is 11.1 Å². The van der Waals surface area contributed by atoms with Gasteiger partial charge in [0.25, 0.3) is 5.91 Å². The Morgan fingerprint density at radius 2 is 1.96 bits per heavy atom. The van der Waals surface area contributed by atoms with Crippen molar-refractivity contribution >= 4 is 22.5 Å². The summed E-state index contributed by atoms with van der Waals surface area (Å²) < 4.78 is 5.12. The lowest BCUT2D eigenvalue weighted by Gasteiger charge is -2.14. The molecule has 122 valence electrons. The van der Waals surface area contributed by atoms with E-state index in [0.717, 1.165) is 11.1 Å². The third kappa shape index (κ3) is 3.21. The van der Waals surface area contributed by atoms with Crippen molar-refractivity contribution in [2.45, 2.75) is 13.0 Å². The number of amides is 1. The van der Waals surface area contributed by atoms with Gasteiger partial charge in [0.15, 0.2) is 6.10 Å². The van der Waals surface area contributed by atoms with Crippen LogP contribution in [0.4, 0.5) is 5.69 Å². The second-order valence-electron chi connectivity index (χ2n) is 5.50. The summed E-state index contributed by atoms with van der Waals surface area (Å²) in [6.45, 7) is 1.89. The highest BCUT2D eigenvalue weighted by Gasteiger charge is 2.19. The zero-order chi connectivity index (χ0) is 17.1. The number of carbonyl (C=O) groups excluding carboxylic acids is 1. The van der Waals surface area contributed by atoms with Crippen LogP contribution in [0.5, 0.6) is 5.75 Å². The van der Waals surface area contributed by atoms with Crippen LogP contribution in [0.25, 0.3) is 10.9 Å². The van der Waals surface area contributed by atoms with Crippen molar-refractivity contribution in [3.8, 4) is 5.75 Å². The number of fused-ring (bicyclic) bond motifs is 1. The topological polar surface area (TPSA) is 71.5 Å². The Hall–Kier alpha value is -2.92. The summed E-state index contributed by atoms with van der Waals surface area (Å²) in [4.78, 5) is 16.9. The molecule has 0 fully saturated rings. The van der Waals surface area contributed by atoms with Crippen molar-refractivity contribution in [3.05, 3.63) is 65.9 Å². The molecule has 3 rings (SSSR count). The third-order valence-electron chi connectivity index (χ3n) is 3.78. The number of methoxy groups -OCH3 is 1. The van der Waals surface area contributed by atoms with Crippen LogP contribution in [0.3, 0.4) is 0 Å². The van der Waals surface area contributed by atoms with E-state index in [0.29, 0.717) is 22.5 Å². The molecule has 1 atom stereocenters. The van der Waals surface area contributed by atoms with Crippen molar-refractivity contribution in [2.75, 3.05) is 12.4 Å². The number of nitrogens with zero attached hydrogens (tertiary/aromatic N) is 1. The second kappa shape index (κ2) is 6.68. The minimum atomic E-state index is -1.29. The van der Waals surface area contributed by atoms with Crippen LogP contribution in [0.1, 0.15) is 17.4 Å². The lowest BCUT2D eigenvalue weighted by molar-refractivity contribution is -0.124. The van der Waals surface area contributed by atoms with Gasteiger partial charge in [-0.25, -0.2) is 0 Å². The summed E-state index contributed by atoms with van der Waals surface area (Å²) in [6.07, 6.45) is -1.29. The largest absolute Gasteiger partial charge is 0.497 e. The maximum atomic E-state index is 12.4. The molecule has 1 heterocycles. The van der Waals surface area contributed by atoms with Crippen LogP contribution in [-0.4, -0.2) is 23.1 Å². The second-order valence-corrected chi connectivity index (χ2v) is 5.50. The van der Waals surface area contributed by atoms with Gasteiger partial charge in [-0.3, -0.25) is 9.78 Å². The first-order valence-electron chi connectivity index (χ1n) is 7.58. The molecule has 0 bridgehead atoms. The Morgan fingerprint density at radius 1 is 1.17 bits per heavy atom. The van der Waals surface area contributed by atoms with E-state index in [-0.39, 0.29) is 0 Å². The predicted octanol–water partition coefficient (Wildman–Crippen LogP) is 3.22. The number of aryl methyl sites for hydroxylation is 1. The Morgan fingerprint density at radius 3 is 2.75 bits per heavy atom. The summed E-state index contributed by atoms with van der Waals surface area (Å²) in [6, 6.07) is 16.2. The number of hydrogen-bond donors (Lipinski definition) is 2. The Kier molecular flexibility index (Phi) is 4.44. The van der Waals surface area contributed by atoms with Gasteiger partial charge in [-0.15, -0.1) is 0 Å². The number of rotatable bonds is 4. The molecule has 0 aliphatic carbocycles. The molecule has 2 N–H and O–H groups in total. The van der Waals surface area contributed by atoms with E-state index >= 15 is 0 Å². The third-order valence-corrected chi connectivity index (χ3v) is 3.78. The van der Waals surface area contributed by atoms with E-state index in [9.17, 15) is 9.90 Å². The van der Waals surface area contributed by atoms with Crippen molar-refractivity contribution in [1.82, 2.24) is 4.98 Å². The van der Waals surface area contributed by atoms with Gasteiger partial charge in [0.2, 0.25) is 0 Å². The first-order valence-corrected chi connectivity index (χ1v) is 7.58. The number of para-hydroxylation sites is 1. The van der Waals surface area contributed by atoms with Gasteiger partial charge in [0.05, 0.1) is 18.3 Å². The van der Waals surface area contributed by atoms with Crippen LogP contribution in [0, 0.1) is 6.92 Å². The summed E-state index contributed by atoms with van der Waals surface area (Å²) in [7, 11) is 1.54. The molecule has 1 amide bonds. The predicted molar refractivity (Wildman–Crippen MR) is 93.1 cm³/mol. The summed E-state index contributed by atoms with van der Waals surface area (Å²) >= 11 is 0. The highest BCUT2D eigenvalue weighted by atomic mass is 16.5. The van der Waals surface area contributed by atoms with E-state index in [1.54, 1.807) is 30.3 Å². The Labute approximate surface area is 139 Å². The molecule has 1 unspecified atom stereocenters. The number of aliphatic hydroxyl groups is 1. The minimum Gasteiger partial charge on any atom is -0.497 e. The molecule has 5 nitrogen and oxygen atoms in total. The van der Waals surface area contributed by atoms with Gasteiger partial charge in [-0.05, 0) is 36.8 Å². The summed E-state index contributed by atoms with van der Waals surface area (Å²) in [5.74, 6) is 0.0702. The van der Waals surface area contributed by atoms with Gasteiger partial charge in [0.1, 0.15) is 5.75 Å². The number of anilines is 1. The first kappa shape index (κ1) is 16.0. The fourth-order valence-corrected chi connectivity index (χ4v) is 2.51. The zero-order valence-electron chi connectivity index (χ0n) is 13.5. The van der Waals surface area contributed by atoms with Gasteiger partial charge >= 0.3 is 0 Å². The maximum Gasteiger partial charge on any atom is 0.257 e. The van der Waals surface area contributed by atoms with Crippen molar-refractivity contribution < 1.29 is 14.6 Å². The average Bonchev–Trinajstić information content (AvgIpc) is 2.61.